The maximum absolute atomic E-state index is 12.1. The molecule has 1 aliphatic rings. The summed E-state index contributed by atoms with van der Waals surface area (Å²) in [7, 11) is 0. The van der Waals surface area contributed by atoms with Gasteiger partial charge in [0, 0.05) is 9.75 Å². The van der Waals surface area contributed by atoms with E-state index < -0.39 is 0 Å². The molecule has 10 heteroatoms. The third-order valence-electron chi connectivity index (χ3n) is 5.82. The van der Waals surface area contributed by atoms with Gasteiger partial charge in [0.1, 0.15) is 0 Å². The van der Waals surface area contributed by atoms with Gasteiger partial charge in [-0.1, -0.05) is 12.1 Å². The normalized spacial score (nSPS) is 16.6. The van der Waals surface area contributed by atoms with Crippen LogP contribution in [-0.4, -0.2) is 32.2 Å². The molecule has 0 aliphatic heterocycles. The van der Waals surface area contributed by atoms with E-state index in [0.717, 1.165) is 40.4 Å². The zero-order valence-electron chi connectivity index (χ0n) is 18.9. The standard InChI is InChI=1S/C25H24N6O2S2/c32-24(14-20-3-1-9-34-20)26-22-7-5-18(28-30-22)12-16-11-17(16)13-19-6-8-23(31-29-19)27-25(33)15-21-4-2-10-35-21/h1-10,16-17H,11-15H2,(H,26,30,32)(H,27,31,33)/t16-,17-/m1/s1. The monoisotopic (exact) mass is 504 g/mol. The van der Waals surface area contributed by atoms with Gasteiger partial charge in [0.25, 0.3) is 0 Å². The quantitative estimate of drug-likeness (QED) is 0.335. The van der Waals surface area contributed by atoms with E-state index in [-0.39, 0.29) is 11.8 Å². The fraction of sp³-hybridized carbons (Fsp3) is 0.280. The van der Waals surface area contributed by atoms with Gasteiger partial charge in [-0.25, -0.2) is 0 Å². The molecule has 1 fully saturated rings. The van der Waals surface area contributed by atoms with Gasteiger partial charge >= 0.3 is 0 Å². The lowest BCUT2D eigenvalue weighted by Crippen LogP contribution is -2.15. The van der Waals surface area contributed by atoms with Gasteiger partial charge in [0.15, 0.2) is 11.6 Å². The number of carbonyl (C=O) groups excluding carboxylic acids is 2. The molecule has 0 unspecified atom stereocenters. The summed E-state index contributed by atoms with van der Waals surface area (Å²) in [4.78, 5) is 26.2. The average molecular weight is 505 g/mol. The Morgan fingerprint density at radius 2 is 1.20 bits per heavy atom. The number of nitrogens with zero attached hydrogens (tertiary/aromatic N) is 4. The molecule has 178 valence electrons. The fourth-order valence-electron chi connectivity index (χ4n) is 3.94. The number of hydrogen-bond donors (Lipinski definition) is 2. The molecule has 5 rings (SSSR count). The SMILES string of the molecule is O=C(Cc1cccs1)Nc1ccc(C[C@H]2C[C@@H]2Cc2ccc(NC(=O)Cc3cccs3)nn2)nn1. The van der Waals surface area contributed by atoms with Crippen LogP contribution in [0.1, 0.15) is 27.6 Å². The Bertz CT molecular complexity index is 1160. The Hall–Kier alpha value is -3.50. The first-order chi connectivity index (χ1) is 17.1. The Kier molecular flexibility index (Phi) is 7.20. The molecule has 0 spiro atoms. The van der Waals surface area contributed by atoms with Crippen LogP contribution in [-0.2, 0) is 35.3 Å². The minimum absolute atomic E-state index is 0.0917. The maximum atomic E-state index is 12.1. The van der Waals surface area contributed by atoms with Crippen molar-refractivity contribution in [2.24, 2.45) is 11.8 Å². The van der Waals surface area contributed by atoms with Crippen LogP contribution in [0.2, 0.25) is 0 Å². The number of thiophene rings is 2. The first-order valence-electron chi connectivity index (χ1n) is 11.4. The molecular weight excluding hydrogens is 480 g/mol. The Balaban J connectivity index is 1.05. The molecule has 2 N–H and O–H groups in total. The Morgan fingerprint density at radius 3 is 1.57 bits per heavy atom. The van der Waals surface area contributed by atoms with E-state index in [2.05, 4.69) is 31.0 Å². The fourth-order valence-corrected chi connectivity index (χ4v) is 5.34. The summed E-state index contributed by atoms with van der Waals surface area (Å²) in [5.74, 6) is 1.84. The second kappa shape index (κ2) is 10.8. The summed E-state index contributed by atoms with van der Waals surface area (Å²) in [6, 6.07) is 15.2. The van der Waals surface area contributed by atoms with Crippen LogP contribution in [0.3, 0.4) is 0 Å². The number of rotatable bonds is 10. The number of anilines is 2. The summed E-state index contributed by atoms with van der Waals surface area (Å²) < 4.78 is 0. The van der Waals surface area contributed by atoms with Crippen LogP contribution < -0.4 is 10.6 Å². The highest BCUT2D eigenvalue weighted by Crippen LogP contribution is 2.42. The minimum atomic E-state index is -0.0917. The van der Waals surface area contributed by atoms with Crippen LogP contribution in [0.25, 0.3) is 0 Å². The minimum Gasteiger partial charge on any atom is -0.309 e. The van der Waals surface area contributed by atoms with Crippen LogP contribution in [0, 0.1) is 11.8 Å². The van der Waals surface area contributed by atoms with Gasteiger partial charge in [-0.2, -0.15) is 10.2 Å². The molecule has 4 aromatic rings. The topological polar surface area (TPSA) is 110 Å². The molecule has 0 saturated heterocycles. The third-order valence-corrected chi connectivity index (χ3v) is 7.57. The predicted molar refractivity (Wildman–Crippen MR) is 136 cm³/mol. The zero-order valence-corrected chi connectivity index (χ0v) is 20.5. The van der Waals surface area contributed by atoms with Crippen molar-refractivity contribution in [1.29, 1.82) is 0 Å². The molecule has 0 aromatic carbocycles. The Morgan fingerprint density at radius 1 is 0.714 bits per heavy atom. The molecule has 4 heterocycles. The molecule has 2 atom stereocenters. The van der Waals surface area contributed by atoms with Crippen LogP contribution in [0.5, 0.6) is 0 Å². The van der Waals surface area contributed by atoms with Gasteiger partial charge in [-0.15, -0.1) is 32.9 Å². The smallest absolute Gasteiger partial charge is 0.230 e. The summed E-state index contributed by atoms with van der Waals surface area (Å²) in [6.45, 7) is 0. The lowest BCUT2D eigenvalue weighted by Gasteiger charge is -2.05. The van der Waals surface area contributed by atoms with E-state index >= 15 is 0 Å². The van der Waals surface area contributed by atoms with E-state index in [9.17, 15) is 9.59 Å². The van der Waals surface area contributed by atoms with Crippen LogP contribution >= 0.6 is 22.7 Å². The van der Waals surface area contributed by atoms with Crippen molar-refractivity contribution < 1.29 is 9.59 Å². The lowest BCUT2D eigenvalue weighted by atomic mass is 10.1. The van der Waals surface area contributed by atoms with Gasteiger partial charge in [0.2, 0.25) is 11.8 Å². The molecular formula is C25H24N6O2S2. The predicted octanol–water partition coefficient (Wildman–Crippen LogP) is 4.17. The lowest BCUT2D eigenvalue weighted by molar-refractivity contribution is -0.116. The first-order valence-corrected chi connectivity index (χ1v) is 13.2. The molecule has 0 bridgehead atoms. The number of hydrogen-bond acceptors (Lipinski definition) is 8. The highest BCUT2D eigenvalue weighted by atomic mass is 32.1. The summed E-state index contributed by atoms with van der Waals surface area (Å²) >= 11 is 3.12. The molecule has 4 aromatic heterocycles. The van der Waals surface area contributed by atoms with E-state index in [1.165, 1.54) is 0 Å². The van der Waals surface area contributed by atoms with E-state index in [4.69, 9.17) is 0 Å². The van der Waals surface area contributed by atoms with Crippen LogP contribution in [0.4, 0.5) is 11.6 Å². The van der Waals surface area contributed by atoms with Crippen LogP contribution in [0.15, 0.2) is 59.3 Å². The Labute approximate surface area is 210 Å². The second-order valence-electron chi connectivity index (χ2n) is 8.59. The van der Waals surface area contributed by atoms with E-state index in [1.807, 2.05) is 59.3 Å². The van der Waals surface area contributed by atoms with Crippen molar-refractivity contribution in [3.8, 4) is 0 Å². The summed E-state index contributed by atoms with van der Waals surface area (Å²) in [6.07, 6.45) is 3.51. The van der Waals surface area contributed by atoms with Crippen molar-refractivity contribution in [3.63, 3.8) is 0 Å². The molecule has 0 radical (unpaired) electrons. The van der Waals surface area contributed by atoms with Gasteiger partial charge in [-0.3, -0.25) is 9.59 Å². The molecule has 1 aliphatic carbocycles. The third kappa shape index (κ3) is 6.77. The first kappa shape index (κ1) is 23.3. The zero-order chi connectivity index (χ0) is 24.0. The van der Waals surface area contributed by atoms with Crippen molar-refractivity contribution in [2.75, 3.05) is 10.6 Å². The number of carbonyl (C=O) groups is 2. The molecule has 1 saturated carbocycles. The van der Waals surface area contributed by atoms with E-state index in [0.29, 0.717) is 36.3 Å². The molecule has 2 amide bonds. The largest absolute Gasteiger partial charge is 0.309 e. The highest BCUT2D eigenvalue weighted by molar-refractivity contribution is 7.10. The van der Waals surface area contributed by atoms with E-state index in [1.54, 1.807) is 22.7 Å². The van der Waals surface area contributed by atoms with Gasteiger partial charge in [-0.05, 0) is 78.3 Å². The second-order valence-corrected chi connectivity index (χ2v) is 10.7. The molecule has 35 heavy (non-hydrogen) atoms. The van der Waals surface area contributed by atoms with Crippen molar-refractivity contribution in [3.05, 3.63) is 80.4 Å². The summed E-state index contributed by atoms with van der Waals surface area (Å²) in [5, 5.41) is 26.4. The molecule has 8 nitrogen and oxygen atoms in total. The summed E-state index contributed by atoms with van der Waals surface area (Å²) in [5.41, 5.74) is 1.84. The van der Waals surface area contributed by atoms with Gasteiger partial charge < -0.3 is 10.6 Å². The highest BCUT2D eigenvalue weighted by Gasteiger charge is 2.37. The number of amides is 2. The van der Waals surface area contributed by atoms with Crippen molar-refractivity contribution in [1.82, 2.24) is 20.4 Å². The maximum Gasteiger partial charge on any atom is 0.230 e. The average Bonchev–Trinajstić information content (AvgIpc) is 3.21. The van der Waals surface area contributed by atoms with Gasteiger partial charge in [0.05, 0.1) is 24.2 Å². The van der Waals surface area contributed by atoms with Crippen molar-refractivity contribution in [2.45, 2.75) is 32.1 Å². The number of aromatic nitrogens is 4. The van der Waals surface area contributed by atoms with Crippen molar-refractivity contribution >= 4 is 46.1 Å². The number of nitrogens with one attached hydrogen (secondary N) is 2.